The Kier molecular flexibility index (Phi) is 3.64. The smallest absolute Gasteiger partial charge is 0.122 e. The van der Waals surface area contributed by atoms with Gasteiger partial charge in [-0.15, -0.1) is 0 Å². The number of halogens is 2. The standard InChI is InChI=1S/C10H12Br2N2O/c11-9-8(3-4-13-10(9)12)14-5-1-2-7(15)6-14/h3-4,7,15H,1-2,5-6H2. The van der Waals surface area contributed by atoms with E-state index in [9.17, 15) is 5.11 Å². The van der Waals surface area contributed by atoms with Gasteiger partial charge in [-0.2, -0.15) is 0 Å². The maximum Gasteiger partial charge on any atom is 0.122 e. The fraction of sp³-hybridized carbons (Fsp3) is 0.500. The van der Waals surface area contributed by atoms with Gasteiger partial charge in [0.05, 0.1) is 16.3 Å². The van der Waals surface area contributed by atoms with Crippen LogP contribution in [0, 0.1) is 0 Å². The van der Waals surface area contributed by atoms with Crippen molar-refractivity contribution >= 4 is 37.5 Å². The van der Waals surface area contributed by atoms with Crippen molar-refractivity contribution in [3.8, 4) is 0 Å². The largest absolute Gasteiger partial charge is 0.391 e. The molecule has 0 radical (unpaired) electrons. The van der Waals surface area contributed by atoms with E-state index in [0.717, 1.165) is 34.1 Å². The van der Waals surface area contributed by atoms with Crippen LogP contribution in [0.25, 0.3) is 0 Å². The van der Waals surface area contributed by atoms with Crippen LogP contribution in [0.5, 0.6) is 0 Å². The van der Waals surface area contributed by atoms with Gasteiger partial charge in [0.25, 0.3) is 0 Å². The molecule has 1 aliphatic rings. The van der Waals surface area contributed by atoms with Gasteiger partial charge in [0.2, 0.25) is 0 Å². The van der Waals surface area contributed by atoms with Crippen molar-refractivity contribution in [3.63, 3.8) is 0 Å². The number of pyridine rings is 1. The summed E-state index contributed by atoms with van der Waals surface area (Å²) >= 11 is 6.88. The summed E-state index contributed by atoms with van der Waals surface area (Å²) in [5.41, 5.74) is 1.09. The lowest BCUT2D eigenvalue weighted by Crippen LogP contribution is -2.38. The highest BCUT2D eigenvalue weighted by atomic mass is 79.9. The first-order chi connectivity index (χ1) is 7.18. The molecule has 1 unspecified atom stereocenters. The highest BCUT2D eigenvalue weighted by Crippen LogP contribution is 2.32. The van der Waals surface area contributed by atoms with Crippen LogP contribution >= 0.6 is 31.9 Å². The molecule has 82 valence electrons. The van der Waals surface area contributed by atoms with Crippen molar-refractivity contribution in [2.24, 2.45) is 0 Å². The van der Waals surface area contributed by atoms with E-state index in [1.807, 2.05) is 6.07 Å². The number of rotatable bonds is 1. The Bertz CT molecular complexity index is 359. The molecule has 0 aliphatic carbocycles. The van der Waals surface area contributed by atoms with Gasteiger partial charge >= 0.3 is 0 Å². The lowest BCUT2D eigenvalue weighted by atomic mass is 10.1. The van der Waals surface area contributed by atoms with Gasteiger partial charge in [0, 0.05) is 19.3 Å². The SMILES string of the molecule is OC1CCCN(c2ccnc(Br)c2Br)C1. The Morgan fingerprint density at radius 2 is 2.27 bits per heavy atom. The van der Waals surface area contributed by atoms with Gasteiger partial charge in [-0.25, -0.2) is 4.98 Å². The van der Waals surface area contributed by atoms with Crippen LogP contribution < -0.4 is 4.90 Å². The molecule has 0 spiro atoms. The Balaban J connectivity index is 2.24. The number of aliphatic hydroxyl groups excluding tert-OH is 1. The number of piperidine rings is 1. The summed E-state index contributed by atoms with van der Waals surface area (Å²) in [4.78, 5) is 6.32. The second-order valence-corrected chi connectivity index (χ2v) is 5.22. The molecule has 0 saturated carbocycles. The minimum atomic E-state index is -0.211. The fourth-order valence-electron chi connectivity index (χ4n) is 1.83. The van der Waals surface area contributed by atoms with E-state index in [1.165, 1.54) is 0 Å². The summed E-state index contributed by atoms with van der Waals surface area (Å²) in [5.74, 6) is 0. The summed E-state index contributed by atoms with van der Waals surface area (Å²) in [5, 5.41) is 9.62. The fourth-order valence-corrected chi connectivity index (χ4v) is 2.63. The monoisotopic (exact) mass is 334 g/mol. The lowest BCUT2D eigenvalue weighted by molar-refractivity contribution is 0.154. The minimum absolute atomic E-state index is 0.211. The minimum Gasteiger partial charge on any atom is -0.391 e. The van der Waals surface area contributed by atoms with Crippen molar-refractivity contribution in [1.29, 1.82) is 0 Å². The molecule has 0 bridgehead atoms. The molecule has 1 fully saturated rings. The summed E-state index contributed by atoms with van der Waals surface area (Å²) < 4.78 is 1.76. The molecule has 1 atom stereocenters. The third-order valence-electron chi connectivity index (χ3n) is 2.56. The number of β-amino-alcohol motifs (C(OH)–C–C–N with tert-alkyl or cyclic N) is 1. The number of nitrogens with zero attached hydrogens (tertiary/aromatic N) is 2. The molecule has 0 aromatic carbocycles. The second kappa shape index (κ2) is 4.80. The van der Waals surface area contributed by atoms with Gasteiger partial charge in [-0.05, 0) is 50.8 Å². The molecular formula is C10H12Br2N2O. The van der Waals surface area contributed by atoms with Crippen LogP contribution in [0.2, 0.25) is 0 Å². The normalized spacial score (nSPS) is 21.8. The number of aliphatic hydroxyl groups is 1. The van der Waals surface area contributed by atoms with E-state index in [-0.39, 0.29) is 6.10 Å². The highest BCUT2D eigenvalue weighted by Gasteiger charge is 2.20. The molecule has 1 saturated heterocycles. The van der Waals surface area contributed by atoms with E-state index in [2.05, 4.69) is 41.7 Å². The van der Waals surface area contributed by atoms with Crippen LogP contribution in [-0.2, 0) is 0 Å². The Labute approximate surface area is 106 Å². The van der Waals surface area contributed by atoms with Crippen LogP contribution in [-0.4, -0.2) is 29.3 Å². The third-order valence-corrected chi connectivity index (χ3v) is 4.48. The zero-order chi connectivity index (χ0) is 10.8. The molecule has 2 heterocycles. The molecule has 1 aromatic rings. The summed E-state index contributed by atoms with van der Waals surface area (Å²) in [7, 11) is 0. The average Bonchev–Trinajstić information content (AvgIpc) is 2.22. The van der Waals surface area contributed by atoms with E-state index in [1.54, 1.807) is 6.20 Å². The Hall–Kier alpha value is -0.130. The maximum absolute atomic E-state index is 9.62. The molecule has 3 nitrogen and oxygen atoms in total. The third kappa shape index (κ3) is 2.52. The van der Waals surface area contributed by atoms with E-state index in [4.69, 9.17) is 0 Å². The van der Waals surface area contributed by atoms with E-state index < -0.39 is 0 Å². The number of aromatic nitrogens is 1. The first-order valence-electron chi connectivity index (χ1n) is 4.91. The average molecular weight is 336 g/mol. The molecule has 1 aromatic heterocycles. The van der Waals surface area contributed by atoms with Crippen LogP contribution in [0.4, 0.5) is 5.69 Å². The van der Waals surface area contributed by atoms with Crippen LogP contribution in [0.1, 0.15) is 12.8 Å². The van der Waals surface area contributed by atoms with Gasteiger partial charge in [-0.3, -0.25) is 0 Å². The van der Waals surface area contributed by atoms with Crippen molar-refractivity contribution < 1.29 is 5.11 Å². The van der Waals surface area contributed by atoms with Crippen molar-refractivity contribution in [2.75, 3.05) is 18.0 Å². The number of hydrogen-bond donors (Lipinski definition) is 1. The molecule has 2 rings (SSSR count). The van der Waals surface area contributed by atoms with Gasteiger partial charge < -0.3 is 10.0 Å². The molecule has 5 heteroatoms. The highest BCUT2D eigenvalue weighted by molar-refractivity contribution is 9.13. The van der Waals surface area contributed by atoms with Crippen molar-refractivity contribution in [2.45, 2.75) is 18.9 Å². The van der Waals surface area contributed by atoms with Crippen molar-refractivity contribution in [1.82, 2.24) is 4.98 Å². The Morgan fingerprint density at radius 1 is 1.47 bits per heavy atom. The molecular weight excluding hydrogens is 324 g/mol. The van der Waals surface area contributed by atoms with E-state index >= 15 is 0 Å². The molecule has 1 N–H and O–H groups in total. The van der Waals surface area contributed by atoms with Crippen LogP contribution in [0.3, 0.4) is 0 Å². The summed E-state index contributed by atoms with van der Waals surface area (Å²) in [6.45, 7) is 1.70. The predicted octanol–water partition coefficient (Wildman–Crippen LogP) is 2.57. The van der Waals surface area contributed by atoms with Gasteiger partial charge in [-0.1, -0.05) is 0 Å². The summed E-state index contributed by atoms with van der Waals surface area (Å²) in [6.07, 6.45) is 3.50. The second-order valence-electron chi connectivity index (χ2n) is 3.68. The van der Waals surface area contributed by atoms with Crippen LogP contribution in [0.15, 0.2) is 21.3 Å². The predicted molar refractivity (Wildman–Crippen MR) is 67.1 cm³/mol. The first kappa shape index (κ1) is 11.4. The molecule has 0 amide bonds. The lowest BCUT2D eigenvalue weighted by Gasteiger charge is -2.32. The molecule has 1 aliphatic heterocycles. The molecule has 15 heavy (non-hydrogen) atoms. The quantitative estimate of drug-likeness (QED) is 0.801. The van der Waals surface area contributed by atoms with E-state index in [0.29, 0.717) is 6.54 Å². The zero-order valence-electron chi connectivity index (χ0n) is 8.16. The number of hydrogen-bond acceptors (Lipinski definition) is 3. The first-order valence-corrected chi connectivity index (χ1v) is 6.50. The Morgan fingerprint density at radius 3 is 3.00 bits per heavy atom. The van der Waals surface area contributed by atoms with Gasteiger partial charge in [0.15, 0.2) is 0 Å². The number of anilines is 1. The zero-order valence-corrected chi connectivity index (χ0v) is 11.3. The summed E-state index contributed by atoms with van der Waals surface area (Å²) in [6, 6.07) is 1.97. The van der Waals surface area contributed by atoms with Gasteiger partial charge in [0.1, 0.15) is 4.60 Å². The van der Waals surface area contributed by atoms with Crippen molar-refractivity contribution in [3.05, 3.63) is 21.3 Å². The topological polar surface area (TPSA) is 36.4 Å². The maximum atomic E-state index is 9.62.